The second-order valence-electron chi connectivity index (χ2n) is 4.15. The maximum absolute atomic E-state index is 12.0. The van der Waals surface area contributed by atoms with Crippen LogP contribution in [0.4, 0.5) is 10.5 Å². The average molecular weight is 282 g/mol. The summed E-state index contributed by atoms with van der Waals surface area (Å²) >= 11 is 0. The summed E-state index contributed by atoms with van der Waals surface area (Å²) < 4.78 is 0. The first-order valence-electron chi connectivity index (χ1n) is 6.23. The highest BCUT2D eigenvalue weighted by Crippen LogP contribution is 2.27. The first kappa shape index (κ1) is 15.8. The highest BCUT2D eigenvalue weighted by atomic mass is 16.4. The molecule has 0 unspecified atom stereocenters. The molecule has 1 aromatic rings. The van der Waals surface area contributed by atoms with E-state index in [0.717, 1.165) is 0 Å². The molecule has 7 heteroatoms. The van der Waals surface area contributed by atoms with Crippen molar-refractivity contribution in [2.24, 2.45) is 0 Å². The molecule has 0 bridgehead atoms. The summed E-state index contributed by atoms with van der Waals surface area (Å²) in [5, 5.41) is 30.0. The number of nitrogens with zero attached hydrogens (tertiary/aromatic N) is 1. The number of urea groups is 1. The van der Waals surface area contributed by atoms with Gasteiger partial charge < -0.3 is 25.5 Å². The molecular weight excluding hydrogens is 264 g/mol. The minimum atomic E-state index is -1.28. The number of carbonyl (C=O) groups is 2. The number of aromatic carboxylic acids is 1. The van der Waals surface area contributed by atoms with E-state index in [1.165, 1.54) is 23.1 Å². The number of carboxylic acid groups (broad SMARTS) is 1. The third kappa shape index (κ3) is 3.86. The van der Waals surface area contributed by atoms with Gasteiger partial charge in [-0.3, -0.25) is 0 Å². The molecule has 0 saturated carbocycles. The van der Waals surface area contributed by atoms with Crippen LogP contribution in [0.1, 0.15) is 23.7 Å². The molecule has 0 aliphatic rings. The average Bonchev–Trinajstić information content (AvgIpc) is 2.40. The van der Waals surface area contributed by atoms with E-state index in [9.17, 15) is 14.7 Å². The molecule has 1 rings (SSSR count). The van der Waals surface area contributed by atoms with Crippen LogP contribution in [0.5, 0.6) is 5.75 Å². The van der Waals surface area contributed by atoms with Crippen LogP contribution < -0.4 is 5.32 Å². The molecule has 0 aliphatic carbocycles. The number of nitrogens with one attached hydrogen (secondary N) is 1. The number of amides is 2. The third-order valence-corrected chi connectivity index (χ3v) is 2.66. The Morgan fingerprint density at radius 3 is 2.55 bits per heavy atom. The van der Waals surface area contributed by atoms with Crippen molar-refractivity contribution in [3.63, 3.8) is 0 Å². The summed E-state index contributed by atoms with van der Waals surface area (Å²) in [5.41, 5.74) is -0.263. The van der Waals surface area contributed by atoms with Crippen LogP contribution >= 0.6 is 0 Å². The van der Waals surface area contributed by atoms with Crippen molar-refractivity contribution in [3.8, 4) is 5.75 Å². The van der Waals surface area contributed by atoms with Gasteiger partial charge in [0.2, 0.25) is 0 Å². The number of aliphatic hydroxyl groups excluding tert-OH is 1. The van der Waals surface area contributed by atoms with Gasteiger partial charge in [0.25, 0.3) is 0 Å². The smallest absolute Gasteiger partial charge is 0.339 e. The van der Waals surface area contributed by atoms with Crippen molar-refractivity contribution < 1.29 is 24.9 Å². The van der Waals surface area contributed by atoms with E-state index < -0.39 is 17.7 Å². The summed E-state index contributed by atoms with van der Waals surface area (Å²) in [7, 11) is 0. The molecular formula is C13H18N2O5. The predicted molar refractivity (Wildman–Crippen MR) is 73.0 cm³/mol. The molecule has 0 heterocycles. The molecule has 0 aromatic heterocycles. The van der Waals surface area contributed by atoms with Gasteiger partial charge in [-0.25, -0.2) is 9.59 Å². The van der Waals surface area contributed by atoms with Gasteiger partial charge in [0.15, 0.2) is 5.75 Å². The van der Waals surface area contributed by atoms with Gasteiger partial charge >= 0.3 is 12.0 Å². The second kappa shape index (κ2) is 7.34. The molecule has 1 aromatic carbocycles. The lowest BCUT2D eigenvalue weighted by Gasteiger charge is -2.21. The highest BCUT2D eigenvalue weighted by Gasteiger charge is 2.17. The first-order chi connectivity index (χ1) is 9.51. The lowest BCUT2D eigenvalue weighted by molar-refractivity contribution is 0.0693. The zero-order valence-electron chi connectivity index (χ0n) is 11.2. The van der Waals surface area contributed by atoms with Gasteiger partial charge in [-0.2, -0.15) is 0 Å². The number of rotatable bonds is 6. The summed E-state index contributed by atoms with van der Waals surface area (Å²) in [6, 6.07) is 3.57. The van der Waals surface area contributed by atoms with Crippen LogP contribution in [0, 0.1) is 0 Å². The maximum atomic E-state index is 12.0. The van der Waals surface area contributed by atoms with Gasteiger partial charge in [-0.15, -0.1) is 0 Å². The minimum Gasteiger partial charge on any atom is -0.505 e. The molecule has 0 fully saturated rings. The van der Waals surface area contributed by atoms with E-state index in [2.05, 4.69) is 5.32 Å². The summed E-state index contributed by atoms with van der Waals surface area (Å²) in [6.07, 6.45) is 0.717. The molecule has 4 N–H and O–H groups in total. The minimum absolute atomic E-state index is 0.0222. The second-order valence-corrected chi connectivity index (χ2v) is 4.15. The van der Waals surface area contributed by atoms with Gasteiger partial charge in [-0.05, 0) is 18.6 Å². The van der Waals surface area contributed by atoms with Crippen LogP contribution in [0.15, 0.2) is 18.2 Å². The van der Waals surface area contributed by atoms with Gasteiger partial charge in [0, 0.05) is 13.1 Å². The van der Waals surface area contributed by atoms with E-state index in [1.807, 2.05) is 6.92 Å². The molecule has 0 radical (unpaired) electrons. The Morgan fingerprint density at radius 1 is 1.30 bits per heavy atom. The van der Waals surface area contributed by atoms with Crippen LogP contribution in [-0.4, -0.2) is 51.9 Å². The van der Waals surface area contributed by atoms with E-state index in [1.54, 1.807) is 0 Å². The lowest BCUT2D eigenvalue weighted by Crippen LogP contribution is -2.37. The number of aromatic hydroxyl groups is 1. The summed E-state index contributed by atoms with van der Waals surface area (Å²) in [5.74, 6) is -1.77. The highest BCUT2D eigenvalue weighted by molar-refractivity contribution is 5.97. The van der Waals surface area contributed by atoms with Crippen molar-refractivity contribution in [3.05, 3.63) is 23.8 Å². The Hall–Kier alpha value is -2.28. The Labute approximate surface area is 116 Å². The molecule has 0 spiro atoms. The zero-order chi connectivity index (χ0) is 15.1. The van der Waals surface area contributed by atoms with E-state index >= 15 is 0 Å². The van der Waals surface area contributed by atoms with Gasteiger partial charge in [-0.1, -0.05) is 13.0 Å². The fourth-order valence-electron chi connectivity index (χ4n) is 1.72. The number of hydrogen-bond donors (Lipinski definition) is 4. The topological polar surface area (TPSA) is 110 Å². The van der Waals surface area contributed by atoms with E-state index in [0.29, 0.717) is 13.0 Å². The van der Waals surface area contributed by atoms with Gasteiger partial charge in [0.1, 0.15) is 5.56 Å². The molecule has 20 heavy (non-hydrogen) atoms. The van der Waals surface area contributed by atoms with Crippen molar-refractivity contribution in [1.29, 1.82) is 0 Å². The number of para-hydroxylation sites is 1. The molecule has 7 nitrogen and oxygen atoms in total. The molecule has 0 aliphatic heterocycles. The Bertz CT molecular complexity index is 484. The van der Waals surface area contributed by atoms with Crippen LogP contribution in [-0.2, 0) is 0 Å². The SMILES string of the molecule is CCCN(CCO)C(=O)Nc1cccc(C(=O)O)c1O. The molecule has 0 atom stereocenters. The Balaban J connectivity index is 2.89. The number of phenols is 1. The molecule has 110 valence electrons. The number of carbonyl (C=O) groups excluding carboxylic acids is 1. The zero-order valence-corrected chi connectivity index (χ0v) is 11.2. The van der Waals surface area contributed by atoms with Gasteiger partial charge in [0.05, 0.1) is 12.3 Å². The Kier molecular flexibility index (Phi) is 5.79. The van der Waals surface area contributed by atoms with Crippen molar-refractivity contribution in [2.75, 3.05) is 25.0 Å². The third-order valence-electron chi connectivity index (χ3n) is 2.66. The van der Waals surface area contributed by atoms with Crippen LogP contribution in [0.3, 0.4) is 0 Å². The number of anilines is 1. The number of benzene rings is 1. The maximum Gasteiger partial charge on any atom is 0.339 e. The van der Waals surface area contributed by atoms with E-state index in [-0.39, 0.29) is 24.4 Å². The standard InChI is InChI=1S/C13H18N2O5/c1-2-6-15(7-8-16)13(20)14-10-5-3-4-9(11(10)17)12(18)19/h3-5,16-17H,2,6-8H2,1H3,(H,14,20)(H,18,19). The predicted octanol–water partition coefficient (Wildman–Crippen LogP) is 1.33. The summed E-state index contributed by atoms with van der Waals surface area (Å²) in [4.78, 5) is 24.2. The van der Waals surface area contributed by atoms with E-state index in [4.69, 9.17) is 10.2 Å². The monoisotopic (exact) mass is 282 g/mol. The quantitative estimate of drug-likeness (QED) is 0.588. The fraction of sp³-hybridized carbons (Fsp3) is 0.385. The number of aliphatic hydroxyl groups is 1. The fourth-order valence-corrected chi connectivity index (χ4v) is 1.72. The normalized spacial score (nSPS) is 10.1. The lowest BCUT2D eigenvalue weighted by atomic mass is 10.1. The first-order valence-corrected chi connectivity index (χ1v) is 6.23. The van der Waals surface area contributed by atoms with Crippen LogP contribution in [0.25, 0.3) is 0 Å². The van der Waals surface area contributed by atoms with Crippen molar-refractivity contribution >= 4 is 17.7 Å². The number of carboxylic acids is 1. The van der Waals surface area contributed by atoms with Crippen molar-refractivity contribution in [1.82, 2.24) is 4.90 Å². The summed E-state index contributed by atoms with van der Waals surface area (Å²) in [6.45, 7) is 2.33. The largest absolute Gasteiger partial charge is 0.505 e. The molecule has 0 saturated heterocycles. The number of hydrogen-bond acceptors (Lipinski definition) is 4. The molecule has 2 amide bonds. The van der Waals surface area contributed by atoms with Crippen LogP contribution in [0.2, 0.25) is 0 Å². The Morgan fingerprint density at radius 2 is 2.00 bits per heavy atom. The van der Waals surface area contributed by atoms with Crippen molar-refractivity contribution in [2.45, 2.75) is 13.3 Å².